The summed E-state index contributed by atoms with van der Waals surface area (Å²) in [6, 6.07) is 13.9. The van der Waals surface area contributed by atoms with Crippen molar-refractivity contribution in [3.8, 4) is 11.5 Å². The van der Waals surface area contributed by atoms with E-state index in [-0.39, 0.29) is 12.4 Å². The fraction of sp³-hybridized carbons (Fsp3) is 0. The molecule has 2 aromatic carbocycles. The van der Waals surface area contributed by atoms with Crippen LogP contribution in [-0.4, -0.2) is 0 Å². The molecule has 0 bridgehead atoms. The molecule has 0 N–H and O–H groups in total. The lowest BCUT2D eigenvalue weighted by Crippen LogP contribution is -3.00. The zero-order valence-electron chi connectivity index (χ0n) is 8.68. The van der Waals surface area contributed by atoms with Crippen LogP contribution < -0.4 is 17.1 Å². The summed E-state index contributed by atoms with van der Waals surface area (Å²) in [5, 5.41) is 9.19. The molecule has 0 aliphatic rings. The molecule has 0 saturated heterocycles. The highest BCUT2D eigenvalue weighted by atomic mass is 35.5. The largest absolute Gasteiger partial charge is 1.00 e. The number of nitrogens with zero attached hydrogens (tertiary/aromatic N) is 2. The summed E-state index contributed by atoms with van der Waals surface area (Å²) in [6.07, 6.45) is 0. The number of rotatable bonds is 2. The van der Waals surface area contributed by atoms with Crippen molar-refractivity contribution in [2.75, 3.05) is 0 Å². The molecule has 0 fully saturated rings. The molecule has 0 aliphatic heterocycles. The van der Waals surface area contributed by atoms with Gasteiger partial charge in [-0.3, -0.25) is 0 Å². The Morgan fingerprint density at radius 3 is 1.82 bits per heavy atom. The second-order valence-corrected chi connectivity index (χ2v) is 3.59. The van der Waals surface area contributed by atoms with E-state index in [1.165, 1.54) is 0 Å². The van der Waals surface area contributed by atoms with Crippen molar-refractivity contribution in [1.82, 2.24) is 0 Å². The van der Waals surface area contributed by atoms with E-state index in [2.05, 4.69) is 4.98 Å². The Labute approximate surface area is 110 Å². The van der Waals surface area contributed by atoms with Gasteiger partial charge in [0.1, 0.15) is 11.5 Å². The first-order valence-electron chi connectivity index (χ1n) is 4.66. The van der Waals surface area contributed by atoms with E-state index in [1.54, 1.807) is 48.5 Å². The zero-order valence-corrected chi connectivity index (χ0v) is 10.2. The lowest BCUT2D eigenvalue weighted by Gasteiger charge is -2.04. The van der Waals surface area contributed by atoms with Gasteiger partial charge in [0, 0.05) is 17.2 Å². The monoisotopic (exact) mass is 266 g/mol. The molecule has 86 valence electrons. The first-order chi connectivity index (χ1) is 7.78. The lowest BCUT2D eigenvalue weighted by molar-refractivity contribution is -0.00000383. The van der Waals surface area contributed by atoms with Crippen molar-refractivity contribution in [2.45, 2.75) is 0 Å². The molecule has 0 saturated carbocycles. The first-order valence-corrected chi connectivity index (χ1v) is 5.04. The van der Waals surface area contributed by atoms with Crippen LogP contribution in [0.2, 0.25) is 5.02 Å². The SMILES string of the molecule is N#[N+]c1ccc(Oc2ccc(Cl)cc2)cc1.[Cl-]. The summed E-state index contributed by atoms with van der Waals surface area (Å²) < 4.78 is 5.55. The van der Waals surface area contributed by atoms with Crippen LogP contribution >= 0.6 is 11.6 Å². The Kier molecular flexibility index (Phi) is 4.77. The molecule has 5 heteroatoms. The molecule has 0 atom stereocenters. The molecular formula is C12H8Cl2N2O. The number of benzene rings is 2. The van der Waals surface area contributed by atoms with Crippen LogP contribution in [0.4, 0.5) is 5.69 Å². The molecule has 0 amide bonds. The molecular weight excluding hydrogens is 259 g/mol. The second-order valence-electron chi connectivity index (χ2n) is 3.15. The van der Waals surface area contributed by atoms with Crippen molar-refractivity contribution >= 4 is 17.3 Å². The number of ether oxygens (including phenoxy) is 1. The molecule has 0 aromatic heterocycles. The van der Waals surface area contributed by atoms with Crippen molar-refractivity contribution in [2.24, 2.45) is 0 Å². The minimum atomic E-state index is 0. The van der Waals surface area contributed by atoms with Crippen molar-refractivity contribution in [3.63, 3.8) is 0 Å². The third kappa shape index (κ3) is 3.63. The summed E-state index contributed by atoms with van der Waals surface area (Å²) in [4.78, 5) is 3.06. The predicted octanol–water partition coefficient (Wildman–Crippen LogP) is 1.62. The molecule has 0 unspecified atom stereocenters. The number of hydrogen-bond acceptors (Lipinski definition) is 2. The Morgan fingerprint density at radius 1 is 0.882 bits per heavy atom. The summed E-state index contributed by atoms with van der Waals surface area (Å²) in [5.41, 5.74) is 0.489. The number of halogens is 2. The highest BCUT2D eigenvalue weighted by molar-refractivity contribution is 6.30. The normalized spacial score (nSPS) is 8.94. The average Bonchev–Trinajstić information content (AvgIpc) is 2.33. The van der Waals surface area contributed by atoms with Gasteiger partial charge in [-0.25, -0.2) is 0 Å². The Balaban J connectivity index is 0.00000144. The van der Waals surface area contributed by atoms with E-state index >= 15 is 0 Å². The molecule has 0 spiro atoms. The average molecular weight is 267 g/mol. The van der Waals surface area contributed by atoms with Crippen LogP contribution in [-0.2, 0) is 0 Å². The van der Waals surface area contributed by atoms with Gasteiger partial charge in [0.15, 0.2) is 4.98 Å². The van der Waals surface area contributed by atoms with E-state index in [0.29, 0.717) is 22.2 Å². The third-order valence-electron chi connectivity index (χ3n) is 2.00. The predicted molar refractivity (Wildman–Crippen MR) is 62.7 cm³/mol. The highest BCUT2D eigenvalue weighted by Crippen LogP contribution is 2.24. The topological polar surface area (TPSA) is 37.4 Å². The first kappa shape index (κ1) is 13.3. The maximum Gasteiger partial charge on any atom is 0.385 e. The van der Waals surface area contributed by atoms with Crippen LogP contribution in [0.1, 0.15) is 0 Å². The molecule has 17 heavy (non-hydrogen) atoms. The van der Waals surface area contributed by atoms with Crippen molar-refractivity contribution in [3.05, 3.63) is 58.5 Å². The molecule has 3 nitrogen and oxygen atoms in total. The molecule has 0 aliphatic carbocycles. The Hall–Kier alpha value is -1.76. The standard InChI is InChI=1S/C12H8ClN2O.ClH/c13-9-1-5-11(6-2-9)16-12-7-3-10(15-14)4-8-12;/h1-8H;1H/q+1;/p-1. The maximum atomic E-state index is 8.52. The van der Waals surface area contributed by atoms with Gasteiger partial charge in [-0.15, -0.1) is 0 Å². The molecule has 2 aromatic rings. The van der Waals surface area contributed by atoms with E-state index in [0.717, 1.165) is 0 Å². The Morgan fingerprint density at radius 2 is 1.35 bits per heavy atom. The summed E-state index contributed by atoms with van der Waals surface area (Å²) >= 11 is 5.76. The van der Waals surface area contributed by atoms with Gasteiger partial charge >= 0.3 is 5.69 Å². The smallest absolute Gasteiger partial charge is 0.385 e. The van der Waals surface area contributed by atoms with E-state index in [9.17, 15) is 0 Å². The van der Waals surface area contributed by atoms with Gasteiger partial charge in [-0.1, -0.05) is 11.6 Å². The fourth-order valence-electron chi connectivity index (χ4n) is 1.22. The van der Waals surface area contributed by atoms with Crippen LogP contribution in [0.25, 0.3) is 4.98 Å². The van der Waals surface area contributed by atoms with Gasteiger partial charge in [0.05, 0.1) is 0 Å². The second kappa shape index (κ2) is 6.09. The number of hydrogen-bond donors (Lipinski definition) is 0. The van der Waals surface area contributed by atoms with Gasteiger partial charge in [-0.05, 0) is 36.4 Å². The molecule has 2 rings (SSSR count). The fourth-order valence-corrected chi connectivity index (χ4v) is 1.35. The van der Waals surface area contributed by atoms with E-state index in [1.807, 2.05) is 0 Å². The van der Waals surface area contributed by atoms with Gasteiger partial charge < -0.3 is 17.1 Å². The number of diazo groups is 1. The van der Waals surface area contributed by atoms with E-state index in [4.69, 9.17) is 21.7 Å². The van der Waals surface area contributed by atoms with Crippen molar-refractivity contribution < 1.29 is 17.1 Å². The highest BCUT2D eigenvalue weighted by Gasteiger charge is 2.03. The van der Waals surface area contributed by atoms with Crippen LogP contribution in [0, 0.1) is 5.39 Å². The van der Waals surface area contributed by atoms with Crippen LogP contribution in [0.3, 0.4) is 0 Å². The lowest BCUT2D eigenvalue weighted by atomic mass is 10.3. The maximum absolute atomic E-state index is 8.52. The quantitative estimate of drug-likeness (QED) is 0.775. The van der Waals surface area contributed by atoms with Gasteiger partial charge in [0.25, 0.3) is 0 Å². The summed E-state index contributed by atoms with van der Waals surface area (Å²) in [6.45, 7) is 0. The van der Waals surface area contributed by atoms with Crippen LogP contribution in [0.5, 0.6) is 11.5 Å². The zero-order chi connectivity index (χ0) is 11.4. The Bertz CT molecular complexity index is 518. The van der Waals surface area contributed by atoms with Crippen LogP contribution in [0.15, 0.2) is 48.5 Å². The minimum Gasteiger partial charge on any atom is -1.00 e. The summed E-state index contributed by atoms with van der Waals surface area (Å²) in [7, 11) is 0. The molecule has 0 radical (unpaired) electrons. The van der Waals surface area contributed by atoms with Gasteiger partial charge in [-0.2, -0.15) is 0 Å². The van der Waals surface area contributed by atoms with Gasteiger partial charge in [0.2, 0.25) is 5.39 Å². The van der Waals surface area contributed by atoms with E-state index < -0.39 is 0 Å². The molecule has 0 heterocycles. The third-order valence-corrected chi connectivity index (χ3v) is 2.25. The summed E-state index contributed by atoms with van der Waals surface area (Å²) in [5.74, 6) is 1.38. The van der Waals surface area contributed by atoms with Crippen molar-refractivity contribution in [1.29, 1.82) is 5.39 Å². The minimum absolute atomic E-state index is 0.